The first-order chi connectivity index (χ1) is 8.16. The van der Waals surface area contributed by atoms with Crippen molar-refractivity contribution in [1.82, 2.24) is 0 Å². The molecular weight excluding hydrogens is 278 g/mol. The van der Waals surface area contributed by atoms with Gasteiger partial charge in [-0.3, -0.25) is 4.57 Å². The zero-order valence-corrected chi connectivity index (χ0v) is 11.0. The van der Waals surface area contributed by atoms with E-state index in [4.69, 9.17) is 27.7 Å². The first kappa shape index (κ1) is 11.2. The first-order valence-electron chi connectivity index (χ1n) is 4.97. The van der Waals surface area contributed by atoms with Crippen LogP contribution in [0.4, 0.5) is 0 Å². The maximum Gasteiger partial charge on any atom is 0.266 e. The molecule has 1 atom stereocenters. The van der Waals surface area contributed by atoms with E-state index in [1.807, 2.05) is 18.2 Å². The second-order valence-electron chi connectivity index (χ2n) is 3.70. The highest BCUT2D eigenvalue weighted by molar-refractivity contribution is 7.49. The number of halogens is 2. The number of rotatable bonds is 0. The summed E-state index contributed by atoms with van der Waals surface area (Å²) >= 11 is 12.0. The van der Waals surface area contributed by atoms with Crippen LogP contribution in [0.2, 0.25) is 10.0 Å². The molecule has 0 aromatic heterocycles. The van der Waals surface area contributed by atoms with Crippen molar-refractivity contribution in [3.8, 4) is 16.9 Å². The van der Waals surface area contributed by atoms with Gasteiger partial charge < -0.3 is 4.52 Å². The fourth-order valence-corrected chi connectivity index (χ4v) is 3.69. The van der Waals surface area contributed by atoms with Crippen LogP contribution in [0.5, 0.6) is 5.75 Å². The van der Waals surface area contributed by atoms with Crippen molar-refractivity contribution in [3.05, 3.63) is 46.4 Å². The molecule has 0 aliphatic carbocycles. The third-order valence-electron chi connectivity index (χ3n) is 2.64. The normalized spacial score (nSPS) is 16.9. The Balaban J connectivity index is 2.37. The number of hydrogen-bond acceptors (Lipinski definition) is 2. The molecule has 0 radical (unpaired) electrons. The van der Waals surface area contributed by atoms with E-state index in [0.29, 0.717) is 21.1 Å². The third kappa shape index (κ3) is 1.77. The van der Waals surface area contributed by atoms with Gasteiger partial charge in [0, 0.05) is 10.6 Å². The van der Waals surface area contributed by atoms with Crippen molar-refractivity contribution in [2.75, 3.05) is 0 Å². The molecule has 0 saturated heterocycles. The molecule has 5 heteroatoms. The van der Waals surface area contributed by atoms with Gasteiger partial charge in [-0.1, -0.05) is 41.4 Å². The zero-order chi connectivity index (χ0) is 12.0. The molecule has 86 valence electrons. The molecule has 17 heavy (non-hydrogen) atoms. The van der Waals surface area contributed by atoms with Gasteiger partial charge in [0.1, 0.15) is 0 Å². The van der Waals surface area contributed by atoms with Crippen molar-refractivity contribution in [3.63, 3.8) is 0 Å². The van der Waals surface area contributed by atoms with E-state index >= 15 is 0 Å². The van der Waals surface area contributed by atoms with Crippen LogP contribution in [0, 0.1) is 0 Å². The molecule has 1 heterocycles. The quantitative estimate of drug-likeness (QED) is 0.679. The standard InChI is InChI=1S/C12H7Cl2O2P/c13-7-5-9-8-3-1-2-4-11(8)17(15)16-12(9)10(14)6-7/h1-6,17H. The zero-order valence-electron chi connectivity index (χ0n) is 8.54. The highest BCUT2D eigenvalue weighted by Crippen LogP contribution is 2.47. The van der Waals surface area contributed by atoms with Crippen LogP contribution in [-0.4, -0.2) is 0 Å². The molecule has 0 bridgehead atoms. The first-order valence-corrected chi connectivity index (χ1v) is 7.04. The van der Waals surface area contributed by atoms with Gasteiger partial charge in [-0.15, -0.1) is 0 Å². The summed E-state index contributed by atoms with van der Waals surface area (Å²) in [6.45, 7) is 0. The molecule has 0 N–H and O–H groups in total. The lowest BCUT2D eigenvalue weighted by Gasteiger charge is -2.21. The molecule has 2 nitrogen and oxygen atoms in total. The molecule has 1 aliphatic heterocycles. The summed E-state index contributed by atoms with van der Waals surface area (Å²) in [6, 6.07) is 10.8. The fourth-order valence-electron chi connectivity index (χ4n) is 1.91. The third-order valence-corrected chi connectivity index (χ3v) is 4.40. The van der Waals surface area contributed by atoms with Crippen molar-refractivity contribution in [2.24, 2.45) is 0 Å². The van der Waals surface area contributed by atoms with Crippen LogP contribution < -0.4 is 9.83 Å². The lowest BCUT2D eigenvalue weighted by atomic mass is 10.0. The van der Waals surface area contributed by atoms with Crippen molar-refractivity contribution < 1.29 is 9.09 Å². The van der Waals surface area contributed by atoms with Gasteiger partial charge in [-0.2, -0.15) is 0 Å². The number of fused-ring (bicyclic) bond motifs is 3. The lowest BCUT2D eigenvalue weighted by Crippen LogP contribution is -2.10. The van der Waals surface area contributed by atoms with Crippen LogP contribution in [0.15, 0.2) is 36.4 Å². The summed E-state index contributed by atoms with van der Waals surface area (Å²) in [7, 11) is -2.27. The van der Waals surface area contributed by atoms with Crippen LogP contribution in [-0.2, 0) is 4.57 Å². The maximum atomic E-state index is 12.0. The van der Waals surface area contributed by atoms with Gasteiger partial charge in [0.15, 0.2) is 5.75 Å². The Labute approximate surface area is 109 Å². The summed E-state index contributed by atoms with van der Waals surface area (Å²) in [5.41, 5.74) is 1.67. The average molecular weight is 285 g/mol. The van der Waals surface area contributed by atoms with E-state index in [0.717, 1.165) is 11.1 Å². The summed E-state index contributed by atoms with van der Waals surface area (Å²) in [6.07, 6.45) is 0. The monoisotopic (exact) mass is 284 g/mol. The van der Waals surface area contributed by atoms with Crippen LogP contribution in [0.25, 0.3) is 11.1 Å². The second kappa shape index (κ2) is 4.06. The predicted octanol–water partition coefficient (Wildman–Crippen LogP) is 4.15. The van der Waals surface area contributed by atoms with Gasteiger partial charge >= 0.3 is 0 Å². The molecule has 0 saturated carbocycles. The molecular formula is C12H7Cl2O2P. The van der Waals surface area contributed by atoms with E-state index in [-0.39, 0.29) is 0 Å². The largest absolute Gasteiger partial charge is 0.439 e. The molecule has 1 aliphatic rings. The van der Waals surface area contributed by atoms with Crippen molar-refractivity contribution in [2.45, 2.75) is 0 Å². The van der Waals surface area contributed by atoms with Gasteiger partial charge in [-0.05, 0) is 23.8 Å². The van der Waals surface area contributed by atoms with Crippen LogP contribution >= 0.6 is 31.2 Å². The Morgan fingerprint density at radius 2 is 1.82 bits per heavy atom. The summed E-state index contributed by atoms with van der Waals surface area (Å²) in [5, 5.41) is 1.64. The minimum atomic E-state index is -2.27. The SMILES string of the molecule is O=[PH]1Oc2c(Cl)cc(Cl)cc2-c2ccccc21. The van der Waals surface area contributed by atoms with E-state index in [1.54, 1.807) is 18.2 Å². The number of benzene rings is 2. The molecule has 2 aromatic carbocycles. The summed E-state index contributed by atoms with van der Waals surface area (Å²) in [5.74, 6) is 0.457. The topological polar surface area (TPSA) is 26.3 Å². The van der Waals surface area contributed by atoms with Crippen LogP contribution in [0.1, 0.15) is 0 Å². The van der Waals surface area contributed by atoms with E-state index in [1.165, 1.54) is 0 Å². The molecule has 0 spiro atoms. The van der Waals surface area contributed by atoms with E-state index in [9.17, 15) is 4.57 Å². The van der Waals surface area contributed by atoms with Crippen molar-refractivity contribution >= 4 is 36.5 Å². The Morgan fingerprint density at radius 1 is 1.06 bits per heavy atom. The summed E-state index contributed by atoms with van der Waals surface area (Å²) in [4.78, 5) is 0. The molecule has 3 rings (SSSR count). The average Bonchev–Trinajstić information content (AvgIpc) is 2.31. The highest BCUT2D eigenvalue weighted by atomic mass is 35.5. The minimum Gasteiger partial charge on any atom is -0.439 e. The molecule has 2 aromatic rings. The van der Waals surface area contributed by atoms with E-state index < -0.39 is 8.03 Å². The van der Waals surface area contributed by atoms with E-state index in [2.05, 4.69) is 0 Å². The van der Waals surface area contributed by atoms with Crippen LogP contribution in [0.3, 0.4) is 0 Å². The molecule has 1 unspecified atom stereocenters. The Kier molecular flexibility index (Phi) is 2.67. The maximum absolute atomic E-state index is 12.0. The second-order valence-corrected chi connectivity index (χ2v) is 5.86. The van der Waals surface area contributed by atoms with Crippen molar-refractivity contribution in [1.29, 1.82) is 0 Å². The summed E-state index contributed by atoms with van der Waals surface area (Å²) < 4.78 is 17.4. The lowest BCUT2D eigenvalue weighted by molar-refractivity contribution is 0.513. The highest BCUT2D eigenvalue weighted by Gasteiger charge is 2.24. The Bertz CT molecular complexity index is 640. The number of hydrogen-bond donors (Lipinski definition) is 0. The molecule has 0 fully saturated rings. The van der Waals surface area contributed by atoms with Gasteiger partial charge in [-0.25, -0.2) is 0 Å². The minimum absolute atomic E-state index is 0.389. The fraction of sp³-hybridized carbons (Fsp3) is 0. The smallest absolute Gasteiger partial charge is 0.266 e. The predicted molar refractivity (Wildman–Crippen MR) is 71.2 cm³/mol. The van der Waals surface area contributed by atoms with Gasteiger partial charge in [0.05, 0.1) is 10.3 Å². The Morgan fingerprint density at radius 3 is 2.65 bits per heavy atom. The van der Waals surface area contributed by atoms with Gasteiger partial charge in [0.2, 0.25) is 0 Å². The Hall–Kier alpha value is -0.950. The van der Waals surface area contributed by atoms with Gasteiger partial charge in [0.25, 0.3) is 8.03 Å². The molecule has 0 amide bonds.